The Bertz CT molecular complexity index is 1570. The molecule has 0 aliphatic carbocycles. The average Bonchev–Trinajstić information content (AvgIpc) is 3.23. The summed E-state index contributed by atoms with van der Waals surface area (Å²) in [5, 5.41) is 17.4. The fraction of sp³-hybridized carbons (Fsp3) is 0.192. The van der Waals surface area contributed by atoms with E-state index < -0.39 is 11.6 Å². The van der Waals surface area contributed by atoms with E-state index in [9.17, 15) is 8.78 Å². The molecule has 0 amide bonds. The van der Waals surface area contributed by atoms with Crippen LogP contribution in [-0.4, -0.2) is 48.0 Å². The topological polar surface area (TPSA) is 111 Å². The number of rotatable bonds is 8. The van der Waals surface area contributed by atoms with Crippen molar-refractivity contribution in [1.29, 1.82) is 0 Å². The number of nitrogens with zero attached hydrogens (tertiary/aromatic N) is 6. The Morgan fingerprint density at radius 3 is 2.51 bits per heavy atom. The molecule has 0 aliphatic heterocycles. The van der Waals surface area contributed by atoms with Crippen molar-refractivity contribution in [3.8, 4) is 17.3 Å². The molecule has 9 nitrogen and oxygen atoms in total. The van der Waals surface area contributed by atoms with Gasteiger partial charge in [-0.2, -0.15) is 5.10 Å². The number of hydrogen-bond acceptors (Lipinski definition) is 8. The van der Waals surface area contributed by atoms with Crippen LogP contribution in [-0.2, 0) is 6.54 Å². The van der Waals surface area contributed by atoms with Crippen molar-refractivity contribution in [2.75, 3.05) is 18.5 Å². The number of hydrogen-bond donors (Lipinski definition) is 2. The Kier molecular flexibility index (Phi) is 6.69. The zero-order valence-corrected chi connectivity index (χ0v) is 20.1. The second-order valence-electron chi connectivity index (χ2n) is 8.29. The number of anilines is 2. The zero-order chi connectivity index (χ0) is 25.9. The van der Waals surface area contributed by atoms with Gasteiger partial charge >= 0.3 is 0 Å². The van der Waals surface area contributed by atoms with E-state index in [1.807, 2.05) is 31.2 Å². The van der Waals surface area contributed by atoms with Crippen molar-refractivity contribution in [3.05, 3.63) is 83.4 Å². The van der Waals surface area contributed by atoms with Crippen LogP contribution in [0.15, 0.2) is 54.7 Å². The predicted octanol–water partition coefficient (Wildman–Crippen LogP) is 4.34. The van der Waals surface area contributed by atoms with Crippen molar-refractivity contribution in [1.82, 2.24) is 29.7 Å². The third kappa shape index (κ3) is 5.21. The molecule has 0 saturated heterocycles. The van der Waals surface area contributed by atoms with Gasteiger partial charge < -0.3 is 15.2 Å². The number of fused-ring (bicyclic) bond motifs is 1. The minimum Gasteiger partial charge on any atom is -0.491 e. The van der Waals surface area contributed by atoms with Gasteiger partial charge in [-0.05, 0) is 26.0 Å². The van der Waals surface area contributed by atoms with Crippen molar-refractivity contribution in [2.45, 2.75) is 20.4 Å². The lowest BCUT2D eigenvalue weighted by atomic mass is 10.1. The normalized spacial score (nSPS) is 11.2. The number of benzene rings is 2. The van der Waals surface area contributed by atoms with Gasteiger partial charge in [0.25, 0.3) is 0 Å². The van der Waals surface area contributed by atoms with Gasteiger partial charge in [0.15, 0.2) is 5.82 Å². The molecule has 0 fully saturated rings. The maximum Gasteiger partial charge on any atom is 0.182 e. The number of nitrogens with one attached hydrogen (secondary N) is 1. The van der Waals surface area contributed by atoms with Crippen molar-refractivity contribution in [2.24, 2.45) is 0 Å². The molecule has 0 aliphatic rings. The fourth-order valence-electron chi connectivity index (χ4n) is 3.94. The van der Waals surface area contributed by atoms with Crippen molar-refractivity contribution >= 4 is 22.5 Å². The standard InChI is InChI=1S/C26H23F2N7O2/c1-15-11-24(32-23-7-8-29-16(2)31-23)33-26(30-15)25-18-5-3-4-6-22(18)35(34-25)14-19-20(27)12-17(13-21(19)28)37-10-9-36/h3-8,11-13,36H,9-10,14H2,1-2H3,(H,29,30,31,32,33). The number of para-hydroxylation sites is 1. The Hall–Kier alpha value is -4.51. The maximum atomic E-state index is 14.8. The molecule has 0 radical (unpaired) electrons. The van der Waals surface area contributed by atoms with Crippen LogP contribution >= 0.6 is 0 Å². The molecular weight excluding hydrogens is 480 g/mol. The Morgan fingerprint density at radius 2 is 1.76 bits per heavy atom. The fourth-order valence-corrected chi connectivity index (χ4v) is 3.94. The highest BCUT2D eigenvalue weighted by Gasteiger charge is 2.19. The largest absolute Gasteiger partial charge is 0.491 e. The molecule has 0 saturated carbocycles. The molecule has 0 spiro atoms. The van der Waals surface area contributed by atoms with E-state index in [-0.39, 0.29) is 31.1 Å². The van der Waals surface area contributed by atoms with Crippen LogP contribution in [0.2, 0.25) is 0 Å². The summed E-state index contributed by atoms with van der Waals surface area (Å²) in [4.78, 5) is 17.6. The lowest BCUT2D eigenvalue weighted by Crippen LogP contribution is -2.08. The number of aromatic nitrogens is 6. The second kappa shape index (κ2) is 10.2. The summed E-state index contributed by atoms with van der Waals surface area (Å²) in [7, 11) is 0. The van der Waals surface area contributed by atoms with Gasteiger partial charge in [0.2, 0.25) is 0 Å². The van der Waals surface area contributed by atoms with E-state index in [1.54, 1.807) is 25.3 Å². The van der Waals surface area contributed by atoms with Crippen LogP contribution in [0.3, 0.4) is 0 Å². The van der Waals surface area contributed by atoms with Gasteiger partial charge in [-0.25, -0.2) is 28.7 Å². The molecule has 0 bridgehead atoms. The third-order valence-corrected chi connectivity index (χ3v) is 5.54. The Morgan fingerprint density at radius 1 is 0.973 bits per heavy atom. The molecule has 3 aromatic heterocycles. The third-order valence-electron chi connectivity index (χ3n) is 5.54. The first-order chi connectivity index (χ1) is 17.9. The number of aryl methyl sites for hydroxylation is 2. The summed E-state index contributed by atoms with van der Waals surface area (Å²) in [5.74, 6) is 0.551. The van der Waals surface area contributed by atoms with E-state index in [1.165, 1.54) is 4.68 Å². The quantitative estimate of drug-likeness (QED) is 0.322. The molecular formula is C26H23F2N7O2. The Labute approximate surface area is 210 Å². The molecule has 5 aromatic rings. The van der Waals surface area contributed by atoms with Crippen LogP contribution in [0, 0.1) is 25.5 Å². The number of aliphatic hydroxyl groups excluding tert-OH is 1. The average molecular weight is 504 g/mol. The van der Waals surface area contributed by atoms with Crippen LogP contribution in [0.5, 0.6) is 5.75 Å². The predicted molar refractivity (Wildman–Crippen MR) is 134 cm³/mol. The van der Waals surface area contributed by atoms with Crippen LogP contribution in [0.4, 0.5) is 20.4 Å². The number of ether oxygens (including phenoxy) is 1. The molecule has 3 heterocycles. The summed E-state index contributed by atoms with van der Waals surface area (Å²) < 4.78 is 36.3. The zero-order valence-electron chi connectivity index (χ0n) is 20.1. The van der Waals surface area contributed by atoms with Crippen molar-refractivity contribution < 1.29 is 18.6 Å². The smallest absolute Gasteiger partial charge is 0.182 e. The Balaban J connectivity index is 1.53. The molecule has 5 rings (SSSR count). The molecule has 2 aromatic carbocycles. The second-order valence-corrected chi connectivity index (χ2v) is 8.29. The SMILES string of the molecule is Cc1cc(Nc2ccnc(C)n2)nc(-c2nn(Cc3c(F)cc(OCCO)cc3F)c3ccccc23)n1. The summed E-state index contributed by atoms with van der Waals surface area (Å²) in [6.45, 7) is 3.16. The molecule has 11 heteroatoms. The first-order valence-corrected chi connectivity index (χ1v) is 11.5. The van der Waals surface area contributed by atoms with Gasteiger partial charge in [0, 0.05) is 41.0 Å². The highest BCUT2D eigenvalue weighted by Crippen LogP contribution is 2.29. The lowest BCUT2D eigenvalue weighted by molar-refractivity contribution is 0.200. The van der Waals surface area contributed by atoms with Crippen LogP contribution in [0.1, 0.15) is 17.1 Å². The summed E-state index contributed by atoms with van der Waals surface area (Å²) >= 11 is 0. The first-order valence-electron chi connectivity index (χ1n) is 11.5. The van der Waals surface area contributed by atoms with Gasteiger partial charge in [-0.1, -0.05) is 18.2 Å². The number of aliphatic hydroxyl groups is 1. The molecule has 2 N–H and O–H groups in total. The van der Waals surface area contributed by atoms with E-state index in [4.69, 9.17) is 9.84 Å². The molecule has 0 unspecified atom stereocenters. The van der Waals surface area contributed by atoms with Gasteiger partial charge in [0.1, 0.15) is 47.1 Å². The minimum atomic E-state index is -0.771. The molecule has 0 atom stereocenters. The van der Waals surface area contributed by atoms with Crippen molar-refractivity contribution in [3.63, 3.8) is 0 Å². The van der Waals surface area contributed by atoms with E-state index in [2.05, 4.69) is 30.4 Å². The monoisotopic (exact) mass is 503 g/mol. The summed E-state index contributed by atoms with van der Waals surface area (Å²) in [5.41, 5.74) is 1.68. The summed E-state index contributed by atoms with van der Waals surface area (Å²) in [6, 6.07) is 13.1. The van der Waals surface area contributed by atoms with Gasteiger partial charge in [-0.15, -0.1) is 0 Å². The number of halogens is 2. The first kappa shape index (κ1) is 24.2. The minimum absolute atomic E-state index is 0.00545. The highest BCUT2D eigenvalue weighted by atomic mass is 19.1. The van der Waals surface area contributed by atoms with Crippen LogP contribution < -0.4 is 10.1 Å². The molecule has 188 valence electrons. The lowest BCUT2D eigenvalue weighted by Gasteiger charge is -2.10. The molecule has 37 heavy (non-hydrogen) atoms. The van der Waals surface area contributed by atoms with Gasteiger partial charge in [0.05, 0.1) is 18.7 Å². The summed E-state index contributed by atoms with van der Waals surface area (Å²) in [6.07, 6.45) is 1.65. The maximum absolute atomic E-state index is 14.8. The van der Waals surface area contributed by atoms with E-state index >= 15 is 0 Å². The van der Waals surface area contributed by atoms with Crippen LogP contribution in [0.25, 0.3) is 22.4 Å². The van der Waals surface area contributed by atoms with E-state index in [0.717, 1.165) is 17.5 Å². The van der Waals surface area contributed by atoms with Gasteiger partial charge in [-0.3, -0.25) is 4.68 Å². The highest BCUT2D eigenvalue weighted by molar-refractivity contribution is 5.91. The van der Waals surface area contributed by atoms with E-state index in [0.29, 0.717) is 40.2 Å².